The summed E-state index contributed by atoms with van der Waals surface area (Å²) in [6.07, 6.45) is 0.925. The first kappa shape index (κ1) is 20.0. The smallest absolute Gasteiger partial charge is 0.123 e. The molecule has 1 heterocycles. The molecule has 0 aliphatic carbocycles. The van der Waals surface area contributed by atoms with Crippen LogP contribution in [-0.2, 0) is 6.61 Å². The number of H-pyrrole nitrogens is 1. The molecule has 0 fully saturated rings. The molecule has 0 bridgehead atoms. The van der Waals surface area contributed by atoms with Gasteiger partial charge in [-0.3, -0.25) is 0 Å². The lowest BCUT2D eigenvalue weighted by Crippen LogP contribution is -2.02. The summed E-state index contributed by atoms with van der Waals surface area (Å²) in [4.78, 5) is 8.25. The highest BCUT2D eigenvalue weighted by molar-refractivity contribution is 5.77. The molecular weight excluding hydrogens is 379 g/mol. The summed E-state index contributed by atoms with van der Waals surface area (Å²) < 4.78 is 24.4. The standard InChI is InChI=1S/C25H25FN2O2/c1-3-22(25-27-23-14-13-21(29-4-2)15-24(23)28-25)18-7-11-20(12-8-18)30-16-17-5-9-19(26)10-6-17/h5-15,22H,3-4,16H2,1-2H3,(H,27,28). The molecule has 0 amide bonds. The van der Waals surface area contributed by atoms with Crippen LogP contribution in [-0.4, -0.2) is 16.6 Å². The summed E-state index contributed by atoms with van der Waals surface area (Å²) in [6, 6.07) is 20.4. The highest BCUT2D eigenvalue weighted by Crippen LogP contribution is 2.30. The zero-order valence-electron chi connectivity index (χ0n) is 17.2. The van der Waals surface area contributed by atoms with E-state index in [4.69, 9.17) is 14.5 Å². The van der Waals surface area contributed by atoms with Crippen molar-refractivity contribution in [3.8, 4) is 11.5 Å². The lowest BCUT2D eigenvalue weighted by Gasteiger charge is -2.14. The van der Waals surface area contributed by atoms with Gasteiger partial charge in [0.15, 0.2) is 0 Å². The first-order valence-electron chi connectivity index (χ1n) is 10.3. The van der Waals surface area contributed by atoms with Gasteiger partial charge in [0, 0.05) is 12.0 Å². The van der Waals surface area contributed by atoms with Crippen molar-refractivity contribution in [2.24, 2.45) is 0 Å². The van der Waals surface area contributed by atoms with E-state index in [0.717, 1.165) is 40.3 Å². The van der Waals surface area contributed by atoms with E-state index >= 15 is 0 Å². The van der Waals surface area contributed by atoms with Gasteiger partial charge in [0.05, 0.1) is 17.6 Å². The van der Waals surface area contributed by atoms with Crippen LogP contribution in [0.25, 0.3) is 11.0 Å². The molecule has 4 aromatic rings. The van der Waals surface area contributed by atoms with Crippen molar-refractivity contribution in [2.45, 2.75) is 32.8 Å². The van der Waals surface area contributed by atoms with Crippen LogP contribution in [0.5, 0.6) is 11.5 Å². The molecule has 1 unspecified atom stereocenters. The number of rotatable bonds is 8. The maximum Gasteiger partial charge on any atom is 0.123 e. The number of hydrogen-bond acceptors (Lipinski definition) is 3. The molecule has 5 heteroatoms. The molecule has 0 radical (unpaired) electrons. The molecule has 30 heavy (non-hydrogen) atoms. The Morgan fingerprint density at radius 3 is 2.33 bits per heavy atom. The molecule has 1 aromatic heterocycles. The highest BCUT2D eigenvalue weighted by Gasteiger charge is 2.17. The minimum absolute atomic E-state index is 0.166. The predicted molar refractivity (Wildman–Crippen MR) is 117 cm³/mol. The first-order chi connectivity index (χ1) is 14.7. The van der Waals surface area contributed by atoms with E-state index in [1.165, 1.54) is 17.7 Å². The molecule has 0 spiro atoms. The number of aromatic amines is 1. The van der Waals surface area contributed by atoms with Crippen LogP contribution in [0.15, 0.2) is 66.7 Å². The van der Waals surface area contributed by atoms with Crippen molar-refractivity contribution < 1.29 is 13.9 Å². The van der Waals surface area contributed by atoms with E-state index in [9.17, 15) is 4.39 Å². The largest absolute Gasteiger partial charge is 0.494 e. The van der Waals surface area contributed by atoms with Crippen LogP contribution in [0.4, 0.5) is 4.39 Å². The molecule has 0 saturated carbocycles. The van der Waals surface area contributed by atoms with Crippen molar-refractivity contribution in [3.05, 3.63) is 89.5 Å². The quantitative estimate of drug-likeness (QED) is 0.379. The minimum atomic E-state index is -0.242. The van der Waals surface area contributed by atoms with Crippen molar-refractivity contribution in [1.29, 1.82) is 0 Å². The third kappa shape index (κ3) is 4.46. The minimum Gasteiger partial charge on any atom is -0.494 e. The van der Waals surface area contributed by atoms with E-state index in [0.29, 0.717) is 13.2 Å². The molecular formula is C25H25FN2O2. The topological polar surface area (TPSA) is 47.1 Å². The Hall–Kier alpha value is -3.34. The first-order valence-corrected chi connectivity index (χ1v) is 10.3. The lowest BCUT2D eigenvalue weighted by atomic mass is 9.96. The van der Waals surface area contributed by atoms with Crippen LogP contribution in [0.1, 0.15) is 43.1 Å². The average Bonchev–Trinajstić information content (AvgIpc) is 3.18. The SMILES string of the molecule is CCOc1ccc2nc(C(CC)c3ccc(OCc4ccc(F)cc4)cc3)[nH]c2c1. The number of imidazole rings is 1. The number of halogens is 1. The zero-order valence-corrected chi connectivity index (χ0v) is 17.2. The molecule has 0 aliphatic rings. The molecule has 0 saturated heterocycles. The van der Waals surface area contributed by atoms with Gasteiger partial charge in [0.1, 0.15) is 29.7 Å². The Labute approximate surface area is 175 Å². The van der Waals surface area contributed by atoms with Gasteiger partial charge in [0.2, 0.25) is 0 Å². The fourth-order valence-corrected chi connectivity index (χ4v) is 3.56. The molecule has 1 atom stereocenters. The van der Waals surface area contributed by atoms with E-state index in [-0.39, 0.29) is 11.7 Å². The van der Waals surface area contributed by atoms with Crippen molar-refractivity contribution in [1.82, 2.24) is 9.97 Å². The second kappa shape index (κ2) is 8.99. The fraction of sp³-hybridized carbons (Fsp3) is 0.240. The van der Waals surface area contributed by atoms with E-state index in [1.807, 2.05) is 37.3 Å². The second-order valence-electron chi connectivity index (χ2n) is 7.18. The maximum atomic E-state index is 13.0. The lowest BCUT2D eigenvalue weighted by molar-refractivity contribution is 0.306. The number of nitrogens with zero attached hydrogens (tertiary/aromatic N) is 1. The number of aromatic nitrogens is 2. The van der Waals surface area contributed by atoms with Gasteiger partial charge in [-0.15, -0.1) is 0 Å². The summed E-state index contributed by atoms with van der Waals surface area (Å²) in [5, 5.41) is 0. The molecule has 0 aliphatic heterocycles. The number of hydrogen-bond donors (Lipinski definition) is 1. The predicted octanol–water partition coefficient (Wildman–Crippen LogP) is 6.22. The van der Waals surface area contributed by atoms with Gasteiger partial charge < -0.3 is 14.5 Å². The normalized spacial score (nSPS) is 12.1. The Morgan fingerprint density at radius 2 is 1.63 bits per heavy atom. The molecule has 3 aromatic carbocycles. The molecule has 154 valence electrons. The Balaban J connectivity index is 1.49. The summed E-state index contributed by atoms with van der Waals surface area (Å²) in [6.45, 7) is 5.17. The van der Waals surface area contributed by atoms with Gasteiger partial charge in [0.25, 0.3) is 0 Å². The number of benzene rings is 3. The number of ether oxygens (including phenoxy) is 2. The van der Waals surface area contributed by atoms with E-state index in [2.05, 4.69) is 24.0 Å². The van der Waals surface area contributed by atoms with Gasteiger partial charge in [-0.1, -0.05) is 31.2 Å². The number of nitrogens with one attached hydrogen (secondary N) is 1. The van der Waals surface area contributed by atoms with Crippen LogP contribution >= 0.6 is 0 Å². The molecule has 4 rings (SSSR count). The Morgan fingerprint density at radius 1 is 0.900 bits per heavy atom. The van der Waals surface area contributed by atoms with Crippen molar-refractivity contribution in [3.63, 3.8) is 0 Å². The molecule has 4 nitrogen and oxygen atoms in total. The molecule has 1 N–H and O–H groups in total. The summed E-state index contributed by atoms with van der Waals surface area (Å²) in [7, 11) is 0. The maximum absolute atomic E-state index is 13.0. The summed E-state index contributed by atoms with van der Waals surface area (Å²) in [5.41, 5.74) is 4.02. The van der Waals surface area contributed by atoms with Crippen LogP contribution in [0.2, 0.25) is 0 Å². The summed E-state index contributed by atoms with van der Waals surface area (Å²) in [5.74, 6) is 2.49. The summed E-state index contributed by atoms with van der Waals surface area (Å²) >= 11 is 0. The fourth-order valence-electron chi connectivity index (χ4n) is 3.56. The Bertz CT molecular complexity index is 1100. The number of fused-ring (bicyclic) bond motifs is 1. The highest BCUT2D eigenvalue weighted by atomic mass is 19.1. The van der Waals surface area contributed by atoms with Crippen molar-refractivity contribution in [2.75, 3.05) is 6.61 Å². The second-order valence-corrected chi connectivity index (χ2v) is 7.18. The van der Waals surface area contributed by atoms with Crippen molar-refractivity contribution >= 4 is 11.0 Å². The van der Waals surface area contributed by atoms with Gasteiger partial charge in [-0.05, 0) is 60.9 Å². The Kier molecular flexibility index (Phi) is 5.98. The van der Waals surface area contributed by atoms with Gasteiger partial charge in [-0.2, -0.15) is 0 Å². The average molecular weight is 404 g/mol. The van der Waals surface area contributed by atoms with Crippen LogP contribution in [0, 0.1) is 5.82 Å². The zero-order chi connectivity index (χ0) is 20.9. The van der Waals surface area contributed by atoms with Crippen LogP contribution in [0.3, 0.4) is 0 Å². The van der Waals surface area contributed by atoms with Crippen LogP contribution < -0.4 is 9.47 Å². The van der Waals surface area contributed by atoms with E-state index < -0.39 is 0 Å². The third-order valence-corrected chi connectivity index (χ3v) is 5.12. The van der Waals surface area contributed by atoms with Gasteiger partial charge in [-0.25, -0.2) is 9.37 Å². The van der Waals surface area contributed by atoms with E-state index in [1.54, 1.807) is 12.1 Å². The monoisotopic (exact) mass is 404 g/mol. The third-order valence-electron chi connectivity index (χ3n) is 5.12. The van der Waals surface area contributed by atoms with Gasteiger partial charge >= 0.3 is 0 Å².